The third kappa shape index (κ3) is 63.6. The van der Waals surface area contributed by atoms with Gasteiger partial charge in [-0.05, 0) is 27.2 Å². The molecule has 0 rings (SSSR count). The minimum atomic E-state index is 0.715. The van der Waals surface area contributed by atoms with Gasteiger partial charge in [-0.1, -0.05) is 30.7 Å². The Bertz CT molecular complexity index is 122. The molecule has 90 valence electrons. The fourth-order valence-corrected chi connectivity index (χ4v) is 0.466. The van der Waals surface area contributed by atoms with E-state index in [-0.39, 0.29) is 0 Å². The first-order valence-electron chi connectivity index (χ1n) is 5.16. The molecule has 0 saturated heterocycles. The predicted molar refractivity (Wildman–Crippen MR) is 76.1 cm³/mol. The second-order valence-electron chi connectivity index (χ2n) is 2.32. The molecule has 1 nitrogen and oxygen atoms in total. The molecule has 0 bridgehead atoms. The normalized spacial score (nSPS) is 7.67. The molecule has 0 spiro atoms. The van der Waals surface area contributed by atoms with E-state index >= 15 is 0 Å². The fraction of sp³-hybridized carbons (Fsp3) is 0.429. The largest absolute Gasteiger partial charge is 0.327 e. The fourth-order valence-electron chi connectivity index (χ4n) is 0.466. The van der Waals surface area contributed by atoms with Crippen LogP contribution in [0.4, 0.5) is 0 Å². The summed E-state index contributed by atoms with van der Waals surface area (Å²) in [6.07, 6.45) is 6.66. The summed E-state index contributed by atoms with van der Waals surface area (Å²) in [5, 5.41) is 0. The first kappa shape index (κ1) is 23.6. The first-order chi connectivity index (χ1) is 7.17. The highest BCUT2D eigenvalue weighted by atomic mass is 14.5. The summed E-state index contributed by atoms with van der Waals surface area (Å²) in [5.41, 5.74) is 6.66. The maximum absolute atomic E-state index is 5.33. The number of hydrogen-bond donors (Lipinski definition) is 1. The lowest BCUT2D eigenvalue weighted by atomic mass is 10.2. The van der Waals surface area contributed by atoms with E-state index in [1.165, 1.54) is 5.57 Å². The van der Waals surface area contributed by atoms with Gasteiger partial charge in [0, 0.05) is 6.54 Å². The van der Waals surface area contributed by atoms with Crippen LogP contribution >= 0.6 is 0 Å². The van der Waals surface area contributed by atoms with Crippen LogP contribution in [0.1, 0.15) is 34.1 Å². The van der Waals surface area contributed by atoms with Crippen LogP contribution in [0.3, 0.4) is 0 Å². The van der Waals surface area contributed by atoms with Crippen LogP contribution in [0.5, 0.6) is 0 Å². The van der Waals surface area contributed by atoms with E-state index < -0.39 is 0 Å². The Kier molecular flexibility index (Phi) is 60.3. The van der Waals surface area contributed by atoms with Crippen LogP contribution < -0.4 is 5.73 Å². The SMILES string of the molecule is C/C=C(\CC)CN.C=C.C=CC.C=CC. The van der Waals surface area contributed by atoms with Crippen LogP contribution in [-0.2, 0) is 0 Å². The molecular weight excluding hydrogens is 182 g/mol. The van der Waals surface area contributed by atoms with Crippen molar-refractivity contribution in [2.24, 2.45) is 5.73 Å². The van der Waals surface area contributed by atoms with E-state index in [2.05, 4.69) is 39.3 Å². The molecule has 0 fully saturated rings. The Morgan fingerprint density at radius 3 is 1.33 bits per heavy atom. The standard InChI is InChI=1S/C6H13N.2C3H6.C2H4/c1-3-6(4-2)5-7;2*1-3-2;1-2/h3H,4-5,7H2,1-2H3;2*3H,1H2,2H3;1-2H2/b6-3+;;;. The molecule has 0 aromatic heterocycles. The zero-order chi connectivity index (χ0) is 13.1. The van der Waals surface area contributed by atoms with Gasteiger partial charge < -0.3 is 5.73 Å². The average molecular weight is 211 g/mol. The molecule has 0 amide bonds. The topological polar surface area (TPSA) is 26.0 Å². The van der Waals surface area contributed by atoms with E-state index in [0.29, 0.717) is 6.54 Å². The van der Waals surface area contributed by atoms with Crippen LogP contribution in [0.25, 0.3) is 0 Å². The minimum absolute atomic E-state index is 0.715. The Morgan fingerprint density at radius 2 is 1.33 bits per heavy atom. The second-order valence-corrected chi connectivity index (χ2v) is 2.32. The van der Waals surface area contributed by atoms with Gasteiger partial charge in [-0.25, -0.2) is 0 Å². The van der Waals surface area contributed by atoms with Crippen molar-refractivity contribution in [2.75, 3.05) is 6.54 Å². The summed E-state index contributed by atoms with van der Waals surface area (Å²) >= 11 is 0. The van der Waals surface area contributed by atoms with Crippen LogP contribution in [0, 0.1) is 0 Å². The van der Waals surface area contributed by atoms with E-state index in [0.717, 1.165) is 6.42 Å². The highest BCUT2D eigenvalue weighted by Gasteiger charge is 1.82. The lowest BCUT2D eigenvalue weighted by molar-refractivity contribution is 1.00. The summed E-state index contributed by atoms with van der Waals surface area (Å²) in [4.78, 5) is 0. The van der Waals surface area contributed by atoms with Crippen LogP contribution in [0.2, 0.25) is 0 Å². The Labute approximate surface area is 97.1 Å². The molecule has 1 heteroatoms. The van der Waals surface area contributed by atoms with Crippen molar-refractivity contribution >= 4 is 0 Å². The van der Waals surface area contributed by atoms with E-state index in [9.17, 15) is 0 Å². The van der Waals surface area contributed by atoms with E-state index in [4.69, 9.17) is 5.73 Å². The summed E-state index contributed by atoms with van der Waals surface area (Å²) in [7, 11) is 0. The molecule has 0 aliphatic heterocycles. The summed E-state index contributed by atoms with van der Waals surface area (Å²) < 4.78 is 0. The average Bonchev–Trinajstić information content (AvgIpc) is 2.26. The van der Waals surface area contributed by atoms with Crippen molar-refractivity contribution in [3.8, 4) is 0 Å². The van der Waals surface area contributed by atoms with Gasteiger partial charge in [0.25, 0.3) is 0 Å². The molecule has 0 atom stereocenters. The van der Waals surface area contributed by atoms with Crippen LogP contribution in [0.15, 0.2) is 50.1 Å². The van der Waals surface area contributed by atoms with Gasteiger partial charge in [-0.2, -0.15) is 0 Å². The number of hydrogen-bond acceptors (Lipinski definition) is 1. The van der Waals surface area contributed by atoms with Gasteiger partial charge in [0.1, 0.15) is 0 Å². The zero-order valence-corrected chi connectivity index (χ0v) is 11.1. The van der Waals surface area contributed by atoms with Crippen LogP contribution in [-0.4, -0.2) is 6.54 Å². The molecule has 0 heterocycles. The van der Waals surface area contributed by atoms with Crippen molar-refractivity contribution in [3.05, 3.63) is 50.1 Å². The van der Waals surface area contributed by atoms with Crippen molar-refractivity contribution in [1.82, 2.24) is 0 Å². The second kappa shape index (κ2) is 38.3. The molecule has 0 radical (unpaired) electrons. The van der Waals surface area contributed by atoms with Crippen molar-refractivity contribution in [3.63, 3.8) is 0 Å². The molecule has 0 unspecified atom stereocenters. The zero-order valence-electron chi connectivity index (χ0n) is 11.1. The molecule has 0 aromatic rings. The molecule has 0 aromatic carbocycles. The van der Waals surface area contributed by atoms with Crippen molar-refractivity contribution in [1.29, 1.82) is 0 Å². The van der Waals surface area contributed by atoms with Gasteiger partial charge in [0.05, 0.1) is 0 Å². The minimum Gasteiger partial charge on any atom is -0.327 e. The van der Waals surface area contributed by atoms with Gasteiger partial charge in [0.2, 0.25) is 0 Å². The molecule has 0 saturated carbocycles. The van der Waals surface area contributed by atoms with E-state index in [1.54, 1.807) is 12.2 Å². The highest BCUT2D eigenvalue weighted by Crippen LogP contribution is 1.94. The number of nitrogens with two attached hydrogens (primary N) is 1. The molecular formula is C14H29N. The summed E-state index contributed by atoms with van der Waals surface area (Å²) in [6, 6.07) is 0. The van der Waals surface area contributed by atoms with Crippen molar-refractivity contribution < 1.29 is 0 Å². The predicted octanol–water partition coefficient (Wildman–Crippen LogP) is 4.49. The Hall–Kier alpha value is -1.08. The quantitative estimate of drug-likeness (QED) is 0.669. The maximum atomic E-state index is 5.33. The van der Waals surface area contributed by atoms with E-state index in [1.807, 2.05) is 20.8 Å². The lowest BCUT2D eigenvalue weighted by Crippen LogP contribution is -2.00. The van der Waals surface area contributed by atoms with Gasteiger partial charge in [-0.3, -0.25) is 0 Å². The first-order valence-corrected chi connectivity index (χ1v) is 5.16. The third-order valence-corrected chi connectivity index (χ3v) is 1.12. The number of rotatable bonds is 2. The number of allylic oxidation sites excluding steroid dienone is 3. The van der Waals surface area contributed by atoms with Gasteiger partial charge in [0.15, 0.2) is 0 Å². The molecule has 2 N–H and O–H groups in total. The highest BCUT2D eigenvalue weighted by molar-refractivity contribution is 4.99. The maximum Gasteiger partial charge on any atom is 0.0136 e. The summed E-state index contributed by atoms with van der Waals surface area (Å²) in [6.45, 7) is 21.3. The Morgan fingerprint density at radius 1 is 1.07 bits per heavy atom. The molecule has 0 aliphatic rings. The lowest BCUT2D eigenvalue weighted by Gasteiger charge is -1.93. The van der Waals surface area contributed by atoms with Crippen molar-refractivity contribution in [2.45, 2.75) is 34.1 Å². The Balaban J connectivity index is -0.0000000638. The smallest absolute Gasteiger partial charge is 0.0136 e. The monoisotopic (exact) mass is 211 g/mol. The summed E-state index contributed by atoms with van der Waals surface area (Å²) in [5.74, 6) is 0. The molecule has 0 aliphatic carbocycles. The van der Waals surface area contributed by atoms with Gasteiger partial charge >= 0.3 is 0 Å². The third-order valence-electron chi connectivity index (χ3n) is 1.12. The molecule has 15 heavy (non-hydrogen) atoms. The van der Waals surface area contributed by atoms with Gasteiger partial charge in [-0.15, -0.1) is 26.3 Å².